The molecule has 1 N–H and O–H groups in total. The third-order valence-corrected chi connectivity index (χ3v) is 7.39. The van der Waals surface area contributed by atoms with E-state index in [9.17, 15) is 9.90 Å². The molecule has 4 fully saturated rings. The fourth-order valence-electron chi connectivity index (χ4n) is 5.31. The van der Waals surface area contributed by atoms with Crippen LogP contribution in [0.4, 0.5) is 0 Å². The first-order valence-electron chi connectivity index (χ1n) is 8.09. The third-order valence-electron chi connectivity index (χ3n) is 5.68. The molecule has 4 aliphatic carbocycles. The van der Waals surface area contributed by atoms with E-state index in [4.69, 9.17) is 0 Å². The van der Waals surface area contributed by atoms with Crippen molar-refractivity contribution in [2.45, 2.75) is 48.5 Å². The third kappa shape index (κ3) is 2.50. The largest absolute Gasteiger partial charge is 0.480 e. The Bertz CT molecular complexity index is 504. The second kappa shape index (κ2) is 5.05. The predicted octanol–water partition coefficient (Wildman–Crippen LogP) is 4.51. The van der Waals surface area contributed by atoms with E-state index >= 15 is 0 Å². The lowest BCUT2D eigenvalue weighted by Gasteiger charge is -2.57. The van der Waals surface area contributed by atoms with Gasteiger partial charge in [0.15, 0.2) is 0 Å². The summed E-state index contributed by atoms with van der Waals surface area (Å²) < 4.78 is 0.244. The smallest absolute Gasteiger partial charge is 0.321 e. The van der Waals surface area contributed by atoms with Gasteiger partial charge in [-0.3, -0.25) is 4.79 Å². The summed E-state index contributed by atoms with van der Waals surface area (Å²) in [7, 11) is 0. The number of carbonyl (C=O) groups is 1. The summed E-state index contributed by atoms with van der Waals surface area (Å²) in [6, 6.07) is 9.79. The minimum Gasteiger partial charge on any atom is -0.480 e. The molecule has 4 saturated carbocycles. The van der Waals surface area contributed by atoms with Crippen molar-refractivity contribution in [3.63, 3.8) is 0 Å². The number of hydrogen-bond acceptors (Lipinski definition) is 2. The molecule has 0 aromatic heterocycles. The molecule has 0 spiro atoms. The standard InChI is InChI=1S/C18H22O2S/c19-17(20)16(15-4-2-1-3-5-15)21-18-9-12-6-13(10-18)8-14(7-12)11-18/h1-5,12-14,16H,6-11H2,(H,19,20). The Labute approximate surface area is 130 Å². The highest BCUT2D eigenvalue weighted by atomic mass is 32.2. The molecule has 0 saturated heterocycles. The molecule has 3 heteroatoms. The summed E-state index contributed by atoms with van der Waals surface area (Å²) in [6.45, 7) is 0. The van der Waals surface area contributed by atoms with Crippen molar-refractivity contribution in [2.75, 3.05) is 0 Å². The topological polar surface area (TPSA) is 37.3 Å². The van der Waals surface area contributed by atoms with E-state index in [1.807, 2.05) is 30.3 Å². The molecule has 21 heavy (non-hydrogen) atoms. The van der Waals surface area contributed by atoms with Crippen LogP contribution in [0.25, 0.3) is 0 Å². The Morgan fingerprint density at radius 2 is 1.57 bits per heavy atom. The molecular weight excluding hydrogens is 280 g/mol. The van der Waals surface area contributed by atoms with Gasteiger partial charge in [-0.15, -0.1) is 11.8 Å². The van der Waals surface area contributed by atoms with Gasteiger partial charge in [0, 0.05) is 4.75 Å². The Morgan fingerprint density at radius 3 is 2.05 bits per heavy atom. The van der Waals surface area contributed by atoms with Crippen LogP contribution in [0.3, 0.4) is 0 Å². The van der Waals surface area contributed by atoms with Crippen LogP contribution in [-0.4, -0.2) is 15.8 Å². The van der Waals surface area contributed by atoms with Gasteiger partial charge >= 0.3 is 5.97 Å². The second-order valence-corrected chi connectivity index (χ2v) is 8.92. The van der Waals surface area contributed by atoms with Crippen LogP contribution >= 0.6 is 11.8 Å². The van der Waals surface area contributed by atoms with E-state index in [1.165, 1.54) is 38.5 Å². The van der Waals surface area contributed by atoms with Gasteiger partial charge in [0.1, 0.15) is 5.25 Å². The lowest BCUT2D eigenvalue weighted by molar-refractivity contribution is -0.136. The molecule has 112 valence electrons. The van der Waals surface area contributed by atoms with Gasteiger partial charge < -0.3 is 5.11 Å². The van der Waals surface area contributed by atoms with Gasteiger partial charge in [0.2, 0.25) is 0 Å². The molecule has 1 aromatic carbocycles. The number of benzene rings is 1. The van der Waals surface area contributed by atoms with Gasteiger partial charge in [0.05, 0.1) is 0 Å². The maximum atomic E-state index is 11.8. The first-order valence-corrected chi connectivity index (χ1v) is 8.97. The molecular formula is C18H22O2S. The van der Waals surface area contributed by atoms with E-state index in [0.717, 1.165) is 23.3 Å². The molecule has 1 atom stereocenters. The van der Waals surface area contributed by atoms with Crippen LogP contribution in [-0.2, 0) is 4.79 Å². The average molecular weight is 302 g/mol. The quantitative estimate of drug-likeness (QED) is 0.889. The van der Waals surface area contributed by atoms with Crippen LogP contribution in [0.1, 0.15) is 49.3 Å². The predicted molar refractivity (Wildman–Crippen MR) is 85.3 cm³/mol. The van der Waals surface area contributed by atoms with Crippen molar-refractivity contribution in [2.24, 2.45) is 17.8 Å². The second-order valence-electron chi connectivity index (χ2n) is 7.35. The highest BCUT2D eigenvalue weighted by Gasteiger charge is 2.52. The normalized spacial score (nSPS) is 38.4. The summed E-state index contributed by atoms with van der Waals surface area (Å²) in [5, 5.41) is 9.31. The highest BCUT2D eigenvalue weighted by Crippen LogP contribution is 2.62. The van der Waals surface area contributed by atoms with Crippen molar-refractivity contribution in [1.29, 1.82) is 0 Å². The van der Waals surface area contributed by atoms with Crippen molar-refractivity contribution in [3.05, 3.63) is 35.9 Å². The molecule has 0 heterocycles. The first kappa shape index (κ1) is 13.7. The average Bonchev–Trinajstić information content (AvgIpc) is 2.44. The molecule has 4 aliphatic rings. The zero-order chi connectivity index (χ0) is 14.4. The molecule has 1 unspecified atom stereocenters. The van der Waals surface area contributed by atoms with Crippen molar-refractivity contribution >= 4 is 17.7 Å². The zero-order valence-corrected chi connectivity index (χ0v) is 13.0. The van der Waals surface area contributed by atoms with Crippen LogP contribution in [0.5, 0.6) is 0 Å². The number of carboxylic acid groups (broad SMARTS) is 1. The molecule has 0 amide bonds. The zero-order valence-electron chi connectivity index (χ0n) is 12.2. The van der Waals surface area contributed by atoms with Gasteiger partial charge in [-0.1, -0.05) is 30.3 Å². The molecule has 5 rings (SSSR count). The lowest BCUT2D eigenvalue weighted by atomic mass is 9.56. The van der Waals surface area contributed by atoms with Crippen molar-refractivity contribution in [1.82, 2.24) is 0 Å². The molecule has 1 aromatic rings. The van der Waals surface area contributed by atoms with Gasteiger partial charge in [-0.05, 0) is 61.8 Å². The van der Waals surface area contributed by atoms with Crippen LogP contribution in [0.2, 0.25) is 0 Å². The number of hydrogen-bond donors (Lipinski definition) is 1. The van der Waals surface area contributed by atoms with E-state index < -0.39 is 11.2 Å². The minimum atomic E-state index is -0.679. The molecule has 0 aliphatic heterocycles. The Balaban J connectivity index is 1.60. The maximum absolute atomic E-state index is 11.8. The lowest BCUT2D eigenvalue weighted by Crippen LogP contribution is -2.49. The molecule has 4 bridgehead atoms. The van der Waals surface area contributed by atoms with E-state index in [0.29, 0.717) is 0 Å². The van der Waals surface area contributed by atoms with Gasteiger partial charge in [-0.2, -0.15) is 0 Å². The number of rotatable bonds is 4. The fourth-order valence-corrected chi connectivity index (χ4v) is 7.20. The number of carboxylic acids is 1. The number of aliphatic carboxylic acids is 1. The van der Waals surface area contributed by atoms with Gasteiger partial charge in [0.25, 0.3) is 0 Å². The Morgan fingerprint density at radius 1 is 1.05 bits per heavy atom. The Hall–Kier alpha value is -0.960. The SMILES string of the molecule is O=C(O)C(SC12CC3CC(CC(C3)C1)C2)c1ccccc1. The van der Waals surface area contributed by atoms with E-state index in [2.05, 4.69) is 0 Å². The van der Waals surface area contributed by atoms with Crippen molar-refractivity contribution < 1.29 is 9.90 Å². The van der Waals surface area contributed by atoms with Crippen molar-refractivity contribution in [3.8, 4) is 0 Å². The summed E-state index contributed by atoms with van der Waals surface area (Å²) in [5.74, 6) is 1.93. The highest BCUT2D eigenvalue weighted by molar-refractivity contribution is 8.01. The summed E-state index contributed by atoms with van der Waals surface area (Å²) in [4.78, 5) is 11.8. The van der Waals surface area contributed by atoms with Crippen LogP contribution < -0.4 is 0 Å². The fraction of sp³-hybridized carbons (Fsp3) is 0.611. The number of thioether (sulfide) groups is 1. The van der Waals surface area contributed by atoms with Crippen LogP contribution in [0.15, 0.2) is 30.3 Å². The Kier molecular flexibility index (Phi) is 3.29. The summed E-state index contributed by atoms with van der Waals surface area (Å²) in [5.41, 5.74) is 0.950. The molecule has 0 radical (unpaired) electrons. The molecule has 2 nitrogen and oxygen atoms in total. The maximum Gasteiger partial charge on any atom is 0.321 e. The van der Waals surface area contributed by atoms with E-state index in [-0.39, 0.29) is 4.75 Å². The monoisotopic (exact) mass is 302 g/mol. The van der Waals surface area contributed by atoms with E-state index in [1.54, 1.807) is 11.8 Å². The van der Waals surface area contributed by atoms with Crippen LogP contribution in [0, 0.1) is 17.8 Å². The summed E-state index contributed by atoms with van der Waals surface area (Å²) in [6.07, 6.45) is 7.97. The summed E-state index contributed by atoms with van der Waals surface area (Å²) >= 11 is 1.76. The van der Waals surface area contributed by atoms with Gasteiger partial charge in [-0.25, -0.2) is 0 Å². The first-order chi connectivity index (χ1) is 10.1. The minimum absolute atomic E-state index is 0.244.